The molecule has 2 aromatic rings. The first-order valence-corrected chi connectivity index (χ1v) is 9.80. The number of piperazine rings is 1. The lowest BCUT2D eigenvalue weighted by Gasteiger charge is -2.34. The van der Waals surface area contributed by atoms with Crippen LogP contribution in [0.2, 0.25) is 0 Å². The van der Waals surface area contributed by atoms with Crippen molar-refractivity contribution in [3.05, 3.63) is 59.7 Å². The Labute approximate surface area is 161 Å². The highest BCUT2D eigenvalue weighted by Gasteiger charge is 2.18. The third-order valence-corrected chi connectivity index (χ3v) is 5.60. The molecule has 1 N–H and O–H groups in total. The molecule has 0 saturated carbocycles. The van der Waals surface area contributed by atoms with E-state index in [1.807, 2.05) is 12.1 Å². The van der Waals surface area contributed by atoms with Gasteiger partial charge in [0.25, 0.3) is 0 Å². The van der Waals surface area contributed by atoms with Crippen molar-refractivity contribution in [2.24, 2.45) is 0 Å². The van der Waals surface area contributed by atoms with Gasteiger partial charge in [0, 0.05) is 50.6 Å². The zero-order valence-electron chi connectivity index (χ0n) is 16.0. The third-order valence-electron chi connectivity index (χ3n) is 5.60. The van der Waals surface area contributed by atoms with E-state index in [0.717, 1.165) is 51.4 Å². The topological polar surface area (TPSA) is 38.8 Å². The molecule has 0 unspecified atom stereocenters. The van der Waals surface area contributed by atoms with Gasteiger partial charge >= 0.3 is 0 Å². The van der Waals surface area contributed by atoms with Gasteiger partial charge in [-0.05, 0) is 48.9 Å². The molecule has 2 aromatic carbocycles. The largest absolute Gasteiger partial charge is 0.369 e. The number of hydrogen-bond acceptors (Lipinski definition) is 4. The molecule has 27 heavy (non-hydrogen) atoms. The minimum absolute atomic E-state index is 0.0572. The Morgan fingerprint density at radius 2 is 1.63 bits per heavy atom. The van der Waals surface area contributed by atoms with Gasteiger partial charge in [0.1, 0.15) is 0 Å². The van der Waals surface area contributed by atoms with Crippen LogP contribution in [0.3, 0.4) is 0 Å². The number of benzene rings is 2. The van der Waals surface area contributed by atoms with Crippen LogP contribution in [0.15, 0.2) is 48.5 Å². The van der Waals surface area contributed by atoms with E-state index in [1.54, 1.807) is 0 Å². The summed E-state index contributed by atoms with van der Waals surface area (Å²) in [6, 6.07) is 16.8. The van der Waals surface area contributed by atoms with E-state index in [-0.39, 0.29) is 5.91 Å². The minimum atomic E-state index is 0.0572. The Bertz CT molecular complexity index is 781. The molecule has 2 heterocycles. The quantitative estimate of drug-likeness (QED) is 0.904. The second-order valence-corrected chi connectivity index (χ2v) is 7.61. The van der Waals surface area contributed by atoms with Crippen molar-refractivity contribution >= 4 is 17.3 Å². The van der Waals surface area contributed by atoms with Gasteiger partial charge < -0.3 is 15.1 Å². The lowest BCUT2D eigenvalue weighted by Crippen LogP contribution is -2.44. The summed E-state index contributed by atoms with van der Waals surface area (Å²) >= 11 is 0. The maximum absolute atomic E-state index is 12.4. The molecule has 5 heteroatoms. The second-order valence-electron chi connectivity index (χ2n) is 7.61. The predicted octanol–water partition coefficient (Wildman–Crippen LogP) is 2.44. The summed E-state index contributed by atoms with van der Waals surface area (Å²) in [5.41, 5.74) is 4.85. The van der Waals surface area contributed by atoms with Gasteiger partial charge in [-0.1, -0.05) is 24.3 Å². The SMILES string of the molecule is CN1CCN(c2ccc(NC(=O)CN3CCc4ccccc4C3)cc2)CC1. The van der Waals surface area contributed by atoms with Crippen LogP contribution in [-0.4, -0.2) is 62.0 Å². The van der Waals surface area contributed by atoms with E-state index in [0.29, 0.717) is 6.54 Å². The molecule has 1 amide bonds. The van der Waals surface area contributed by atoms with Gasteiger partial charge in [0.15, 0.2) is 0 Å². The van der Waals surface area contributed by atoms with Crippen LogP contribution >= 0.6 is 0 Å². The number of carbonyl (C=O) groups is 1. The predicted molar refractivity (Wildman–Crippen MR) is 110 cm³/mol. The normalized spacial score (nSPS) is 18.2. The fourth-order valence-electron chi connectivity index (χ4n) is 3.91. The number of hydrogen-bond donors (Lipinski definition) is 1. The number of carbonyl (C=O) groups excluding carboxylic acids is 1. The molecule has 1 saturated heterocycles. The summed E-state index contributed by atoms with van der Waals surface area (Å²) in [6.45, 7) is 6.53. The molecule has 142 valence electrons. The highest BCUT2D eigenvalue weighted by Crippen LogP contribution is 2.20. The first-order valence-electron chi connectivity index (χ1n) is 9.80. The number of likely N-dealkylation sites (N-methyl/N-ethyl adjacent to an activating group) is 1. The molecule has 0 spiro atoms. The fourth-order valence-corrected chi connectivity index (χ4v) is 3.91. The van der Waals surface area contributed by atoms with E-state index in [4.69, 9.17) is 0 Å². The molecule has 2 aliphatic rings. The minimum Gasteiger partial charge on any atom is -0.369 e. The van der Waals surface area contributed by atoms with Gasteiger partial charge in [-0.25, -0.2) is 0 Å². The van der Waals surface area contributed by atoms with Crippen molar-refractivity contribution in [2.45, 2.75) is 13.0 Å². The van der Waals surface area contributed by atoms with E-state index >= 15 is 0 Å². The molecule has 0 bridgehead atoms. The summed E-state index contributed by atoms with van der Waals surface area (Å²) in [7, 11) is 2.16. The number of nitrogens with one attached hydrogen (secondary N) is 1. The average Bonchev–Trinajstić information content (AvgIpc) is 2.69. The number of amides is 1. The van der Waals surface area contributed by atoms with Gasteiger partial charge in [0.05, 0.1) is 6.54 Å². The molecular weight excluding hydrogens is 336 g/mol. The van der Waals surface area contributed by atoms with E-state index < -0.39 is 0 Å². The number of fused-ring (bicyclic) bond motifs is 1. The van der Waals surface area contributed by atoms with Crippen LogP contribution in [0.4, 0.5) is 11.4 Å². The van der Waals surface area contributed by atoms with E-state index in [9.17, 15) is 4.79 Å². The van der Waals surface area contributed by atoms with Gasteiger partial charge in [0.2, 0.25) is 5.91 Å². The Kier molecular flexibility index (Phi) is 5.41. The maximum Gasteiger partial charge on any atom is 0.238 e. The Morgan fingerprint density at radius 3 is 2.37 bits per heavy atom. The van der Waals surface area contributed by atoms with Crippen LogP contribution in [0, 0.1) is 0 Å². The lowest BCUT2D eigenvalue weighted by molar-refractivity contribution is -0.117. The highest BCUT2D eigenvalue weighted by molar-refractivity contribution is 5.92. The lowest BCUT2D eigenvalue weighted by atomic mass is 10.00. The Hall–Kier alpha value is -2.37. The number of anilines is 2. The monoisotopic (exact) mass is 364 g/mol. The molecule has 0 aromatic heterocycles. The van der Waals surface area contributed by atoms with Gasteiger partial charge in [-0.2, -0.15) is 0 Å². The highest BCUT2D eigenvalue weighted by atomic mass is 16.2. The molecule has 1 fully saturated rings. The third kappa shape index (κ3) is 4.49. The van der Waals surface area contributed by atoms with Crippen LogP contribution in [0.5, 0.6) is 0 Å². The van der Waals surface area contributed by atoms with Gasteiger partial charge in [-0.15, -0.1) is 0 Å². The summed E-state index contributed by atoms with van der Waals surface area (Å²) in [5.74, 6) is 0.0572. The van der Waals surface area contributed by atoms with Crippen LogP contribution < -0.4 is 10.2 Å². The smallest absolute Gasteiger partial charge is 0.238 e. The average molecular weight is 364 g/mol. The standard InChI is InChI=1S/C22H28N4O/c1-24-12-14-26(15-13-24)21-8-6-20(7-9-21)23-22(27)17-25-11-10-18-4-2-3-5-19(18)16-25/h2-9H,10-17H2,1H3,(H,23,27). The van der Waals surface area contributed by atoms with E-state index in [2.05, 4.69) is 63.5 Å². The van der Waals surface area contributed by atoms with Crippen molar-refractivity contribution in [1.82, 2.24) is 9.80 Å². The number of nitrogens with zero attached hydrogens (tertiary/aromatic N) is 3. The Balaban J connectivity index is 1.30. The van der Waals surface area contributed by atoms with Crippen molar-refractivity contribution < 1.29 is 4.79 Å². The molecule has 0 atom stereocenters. The number of rotatable bonds is 4. The first kappa shape index (κ1) is 18.0. The van der Waals surface area contributed by atoms with Crippen molar-refractivity contribution in [1.29, 1.82) is 0 Å². The first-order chi connectivity index (χ1) is 13.2. The van der Waals surface area contributed by atoms with Crippen LogP contribution in [0.25, 0.3) is 0 Å². The molecule has 4 rings (SSSR count). The molecular formula is C22H28N4O. The second kappa shape index (κ2) is 8.11. The summed E-state index contributed by atoms with van der Waals surface area (Å²) in [4.78, 5) is 19.4. The zero-order chi connectivity index (χ0) is 18.6. The zero-order valence-corrected chi connectivity index (χ0v) is 16.0. The Morgan fingerprint density at radius 1 is 0.926 bits per heavy atom. The van der Waals surface area contributed by atoms with Gasteiger partial charge in [-0.3, -0.25) is 9.69 Å². The van der Waals surface area contributed by atoms with Crippen LogP contribution in [-0.2, 0) is 17.8 Å². The van der Waals surface area contributed by atoms with Crippen molar-refractivity contribution in [3.8, 4) is 0 Å². The molecule has 0 aliphatic carbocycles. The van der Waals surface area contributed by atoms with Crippen molar-refractivity contribution in [3.63, 3.8) is 0 Å². The molecule has 2 aliphatic heterocycles. The molecule has 5 nitrogen and oxygen atoms in total. The summed E-state index contributed by atoms with van der Waals surface area (Å²) in [5, 5.41) is 3.04. The van der Waals surface area contributed by atoms with E-state index in [1.165, 1.54) is 16.8 Å². The van der Waals surface area contributed by atoms with Crippen LogP contribution in [0.1, 0.15) is 11.1 Å². The summed E-state index contributed by atoms with van der Waals surface area (Å²) in [6.07, 6.45) is 1.02. The fraction of sp³-hybridized carbons (Fsp3) is 0.409. The maximum atomic E-state index is 12.4. The summed E-state index contributed by atoms with van der Waals surface area (Å²) < 4.78 is 0. The van der Waals surface area contributed by atoms with Crippen molar-refractivity contribution in [2.75, 3.05) is 56.5 Å². The molecule has 0 radical (unpaired) electrons.